The van der Waals surface area contributed by atoms with Crippen molar-refractivity contribution in [3.05, 3.63) is 34.6 Å². The minimum absolute atomic E-state index is 0.00993. The molecule has 0 bridgehead atoms. The van der Waals surface area contributed by atoms with Crippen LogP contribution in [0.4, 0.5) is 17.6 Å². The van der Waals surface area contributed by atoms with Crippen LogP contribution in [0.5, 0.6) is 0 Å². The van der Waals surface area contributed by atoms with Gasteiger partial charge in [0.15, 0.2) is 0 Å². The molecule has 0 amide bonds. The van der Waals surface area contributed by atoms with Crippen molar-refractivity contribution in [3.8, 4) is 0 Å². The molecule has 20 heavy (non-hydrogen) atoms. The molecule has 1 N–H and O–H groups in total. The number of halogens is 5. The van der Waals surface area contributed by atoms with Crippen LogP contribution >= 0.6 is 11.6 Å². The second-order valence-corrected chi connectivity index (χ2v) is 5.58. The van der Waals surface area contributed by atoms with Crippen LogP contribution in [0.15, 0.2) is 18.2 Å². The zero-order chi connectivity index (χ0) is 14.8. The first-order valence-electron chi connectivity index (χ1n) is 6.61. The van der Waals surface area contributed by atoms with Crippen LogP contribution in [0.3, 0.4) is 0 Å². The highest BCUT2D eigenvalue weighted by atomic mass is 35.5. The van der Waals surface area contributed by atoms with E-state index in [2.05, 4.69) is 5.32 Å². The Morgan fingerprint density at radius 1 is 1.15 bits per heavy atom. The lowest BCUT2D eigenvalue weighted by molar-refractivity contribution is -0.182. The highest BCUT2D eigenvalue weighted by molar-refractivity contribution is 6.31. The summed E-state index contributed by atoms with van der Waals surface area (Å²) in [4.78, 5) is 0. The number of hydrogen-bond acceptors (Lipinski definition) is 1. The van der Waals surface area contributed by atoms with Gasteiger partial charge in [0, 0.05) is 23.2 Å². The lowest BCUT2D eigenvalue weighted by Gasteiger charge is -2.30. The molecule has 0 heterocycles. The Hall–Kier alpha value is -0.810. The Kier molecular flexibility index (Phi) is 4.91. The standard InChI is InChI=1S/C14H16ClF4N/c15-12-2-1-3-13(16)11(12)8-20-10-6-4-9(5-7-10)14(17,18)19/h1-3,9-10,20H,4-8H2. The first-order valence-corrected chi connectivity index (χ1v) is 6.98. The van der Waals surface area contributed by atoms with Gasteiger partial charge in [-0.25, -0.2) is 4.39 Å². The van der Waals surface area contributed by atoms with Crippen molar-refractivity contribution in [1.29, 1.82) is 0 Å². The fraction of sp³-hybridized carbons (Fsp3) is 0.571. The van der Waals surface area contributed by atoms with E-state index in [-0.39, 0.29) is 25.4 Å². The molecule has 1 aliphatic rings. The van der Waals surface area contributed by atoms with Gasteiger partial charge in [0.05, 0.1) is 5.92 Å². The quantitative estimate of drug-likeness (QED) is 0.799. The molecule has 1 nitrogen and oxygen atoms in total. The average molecular weight is 310 g/mol. The fourth-order valence-corrected chi connectivity index (χ4v) is 2.80. The monoisotopic (exact) mass is 309 g/mol. The summed E-state index contributed by atoms with van der Waals surface area (Å²) in [5, 5.41) is 3.43. The molecule has 0 radical (unpaired) electrons. The van der Waals surface area contributed by atoms with Crippen LogP contribution in [-0.4, -0.2) is 12.2 Å². The van der Waals surface area contributed by atoms with E-state index >= 15 is 0 Å². The van der Waals surface area contributed by atoms with Crippen molar-refractivity contribution in [3.63, 3.8) is 0 Å². The predicted molar refractivity (Wildman–Crippen MR) is 70.1 cm³/mol. The smallest absolute Gasteiger partial charge is 0.310 e. The molecular formula is C14H16ClF4N. The first kappa shape index (κ1) is 15.6. The van der Waals surface area contributed by atoms with Crippen LogP contribution in [0.1, 0.15) is 31.2 Å². The summed E-state index contributed by atoms with van der Waals surface area (Å²) in [7, 11) is 0. The highest BCUT2D eigenvalue weighted by Gasteiger charge is 2.41. The van der Waals surface area contributed by atoms with E-state index in [0.29, 0.717) is 23.4 Å². The molecule has 0 atom stereocenters. The summed E-state index contributed by atoms with van der Waals surface area (Å²) in [6, 6.07) is 4.44. The molecule has 0 spiro atoms. The minimum atomic E-state index is -4.10. The van der Waals surface area contributed by atoms with E-state index in [1.165, 1.54) is 12.1 Å². The number of hydrogen-bond donors (Lipinski definition) is 1. The van der Waals surface area contributed by atoms with Crippen molar-refractivity contribution in [2.24, 2.45) is 5.92 Å². The summed E-state index contributed by atoms with van der Waals surface area (Å²) in [5.41, 5.74) is 0.368. The maximum absolute atomic E-state index is 13.5. The molecule has 6 heteroatoms. The molecule has 0 aliphatic heterocycles. The van der Waals surface area contributed by atoms with Gasteiger partial charge in [-0.2, -0.15) is 13.2 Å². The summed E-state index contributed by atoms with van der Waals surface area (Å²) in [6.07, 6.45) is -2.93. The van der Waals surface area contributed by atoms with Gasteiger partial charge in [-0.3, -0.25) is 0 Å². The number of rotatable bonds is 3. The van der Waals surface area contributed by atoms with Gasteiger partial charge in [-0.05, 0) is 37.8 Å². The Bertz CT molecular complexity index is 433. The zero-order valence-corrected chi connectivity index (χ0v) is 11.6. The van der Waals surface area contributed by atoms with Crippen LogP contribution in [0, 0.1) is 11.7 Å². The van der Waals surface area contributed by atoms with Crippen LogP contribution in [-0.2, 0) is 6.54 Å². The van der Waals surface area contributed by atoms with E-state index in [1.54, 1.807) is 6.07 Å². The third-order valence-electron chi connectivity index (χ3n) is 3.82. The average Bonchev–Trinajstić information content (AvgIpc) is 2.37. The topological polar surface area (TPSA) is 12.0 Å². The highest BCUT2D eigenvalue weighted by Crippen LogP contribution is 2.37. The number of alkyl halides is 3. The third kappa shape index (κ3) is 3.85. The molecule has 2 rings (SSSR count). The lowest BCUT2D eigenvalue weighted by atomic mass is 9.85. The van der Waals surface area contributed by atoms with Crippen LogP contribution in [0.2, 0.25) is 5.02 Å². The SMILES string of the molecule is Fc1cccc(Cl)c1CNC1CCC(C(F)(F)F)CC1. The zero-order valence-electron chi connectivity index (χ0n) is 10.8. The van der Waals surface area contributed by atoms with Gasteiger partial charge in [0.25, 0.3) is 0 Å². The van der Waals surface area contributed by atoms with E-state index in [9.17, 15) is 17.6 Å². The summed E-state index contributed by atoms with van der Waals surface area (Å²) >= 11 is 5.90. The predicted octanol–water partition coefficient (Wildman–Crippen LogP) is 4.69. The second kappa shape index (κ2) is 6.31. The van der Waals surface area contributed by atoms with Crippen molar-refractivity contribution >= 4 is 11.6 Å². The van der Waals surface area contributed by atoms with Crippen molar-refractivity contribution in [2.75, 3.05) is 0 Å². The Morgan fingerprint density at radius 3 is 2.35 bits per heavy atom. The molecule has 1 aromatic carbocycles. The van der Waals surface area contributed by atoms with E-state index in [0.717, 1.165) is 0 Å². The summed E-state index contributed by atoms with van der Waals surface area (Å²) in [6.45, 7) is 0.243. The van der Waals surface area contributed by atoms with Crippen LogP contribution < -0.4 is 5.32 Å². The normalized spacial score (nSPS) is 23.9. The van der Waals surface area contributed by atoms with Gasteiger partial charge < -0.3 is 5.32 Å². The molecule has 0 aromatic heterocycles. The maximum Gasteiger partial charge on any atom is 0.391 e. The Morgan fingerprint density at radius 2 is 1.80 bits per heavy atom. The molecule has 1 saturated carbocycles. The molecule has 1 aliphatic carbocycles. The number of benzene rings is 1. The van der Waals surface area contributed by atoms with Crippen molar-refractivity contribution in [2.45, 2.75) is 44.4 Å². The molecule has 112 valence electrons. The molecule has 0 unspecified atom stereocenters. The second-order valence-electron chi connectivity index (χ2n) is 5.17. The fourth-order valence-electron chi connectivity index (χ4n) is 2.57. The summed E-state index contributed by atoms with van der Waals surface area (Å²) < 4.78 is 51.2. The number of nitrogens with one attached hydrogen (secondary N) is 1. The minimum Gasteiger partial charge on any atom is -0.310 e. The molecule has 1 fully saturated rings. The van der Waals surface area contributed by atoms with E-state index < -0.39 is 17.9 Å². The third-order valence-corrected chi connectivity index (χ3v) is 4.17. The maximum atomic E-state index is 13.5. The Labute approximate surface area is 120 Å². The van der Waals surface area contributed by atoms with E-state index in [4.69, 9.17) is 11.6 Å². The van der Waals surface area contributed by atoms with Gasteiger partial charge in [0.1, 0.15) is 5.82 Å². The van der Waals surface area contributed by atoms with Gasteiger partial charge in [0.2, 0.25) is 0 Å². The van der Waals surface area contributed by atoms with Crippen molar-refractivity contribution < 1.29 is 17.6 Å². The first-order chi connectivity index (χ1) is 9.38. The Balaban J connectivity index is 1.85. The van der Waals surface area contributed by atoms with Crippen molar-refractivity contribution in [1.82, 2.24) is 5.32 Å². The van der Waals surface area contributed by atoms with Gasteiger partial charge >= 0.3 is 6.18 Å². The van der Waals surface area contributed by atoms with E-state index in [1.807, 2.05) is 0 Å². The van der Waals surface area contributed by atoms with Crippen LogP contribution in [0.25, 0.3) is 0 Å². The molecule has 0 saturated heterocycles. The largest absolute Gasteiger partial charge is 0.391 e. The summed E-state index contributed by atoms with van der Waals surface area (Å²) in [5.74, 6) is -1.59. The molecule has 1 aromatic rings. The lowest BCUT2D eigenvalue weighted by Crippen LogP contribution is -2.36. The van der Waals surface area contributed by atoms with Gasteiger partial charge in [-0.1, -0.05) is 17.7 Å². The molecular weight excluding hydrogens is 294 g/mol. The van der Waals surface area contributed by atoms with Gasteiger partial charge in [-0.15, -0.1) is 0 Å².